The second-order valence-electron chi connectivity index (χ2n) is 6.45. The first-order valence-corrected chi connectivity index (χ1v) is 8.90. The first kappa shape index (κ1) is 16.5. The lowest BCUT2D eigenvalue weighted by Crippen LogP contribution is -1.96. The van der Waals surface area contributed by atoms with Crippen molar-refractivity contribution in [1.82, 2.24) is 4.98 Å². The predicted octanol–water partition coefficient (Wildman–Crippen LogP) is 5.54. The van der Waals surface area contributed by atoms with Gasteiger partial charge in [-0.2, -0.15) is 0 Å². The summed E-state index contributed by atoms with van der Waals surface area (Å²) >= 11 is 0. The van der Waals surface area contributed by atoms with Crippen LogP contribution < -0.4 is 0 Å². The zero-order valence-corrected chi connectivity index (χ0v) is 14.6. The van der Waals surface area contributed by atoms with Gasteiger partial charge in [0.2, 0.25) is 0 Å². The van der Waals surface area contributed by atoms with Crippen molar-refractivity contribution in [3.05, 3.63) is 114 Å². The molecule has 1 heterocycles. The maximum Gasteiger partial charge on any atom is 0.0721 e. The Bertz CT molecular complexity index is 972. The fourth-order valence-corrected chi connectivity index (χ4v) is 3.13. The molecule has 26 heavy (non-hydrogen) atoms. The highest BCUT2D eigenvalue weighted by atomic mass is 16.5. The molecule has 0 aliphatic heterocycles. The third-order valence-electron chi connectivity index (χ3n) is 4.53. The first-order chi connectivity index (χ1) is 12.9. The largest absolute Gasteiger partial charge is 0.372 e. The van der Waals surface area contributed by atoms with Crippen molar-refractivity contribution in [2.24, 2.45) is 0 Å². The minimum atomic E-state index is 0.627. The minimum absolute atomic E-state index is 0.627. The van der Waals surface area contributed by atoms with Gasteiger partial charge in [0.25, 0.3) is 0 Å². The van der Waals surface area contributed by atoms with Crippen LogP contribution in [0.2, 0.25) is 0 Å². The highest BCUT2D eigenvalue weighted by Gasteiger charge is 2.04. The van der Waals surface area contributed by atoms with E-state index in [1.54, 1.807) is 0 Å². The maximum absolute atomic E-state index is 5.81. The van der Waals surface area contributed by atoms with E-state index in [2.05, 4.69) is 71.7 Å². The number of rotatable bonds is 6. The van der Waals surface area contributed by atoms with Gasteiger partial charge in [-0.25, -0.2) is 0 Å². The molecule has 0 bridgehead atoms. The molecule has 2 heteroatoms. The Morgan fingerprint density at radius 1 is 0.615 bits per heavy atom. The van der Waals surface area contributed by atoms with Crippen LogP contribution in [0, 0.1) is 0 Å². The third-order valence-corrected chi connectivity index (χ3v) is 4.53. The molecule has 0 radical (unpaired) electrons. The third kappa shape index (κ3) is 3.98. The van der Waals surface area contributed by atoms with Crippen molar-refractivity contribution in [3.63, 3.8) is 0 Å². The second-order valence-corrected chi connectivity index (χ2v) is 6.45. The van der Waals surface area contributed by atoms with Gasteiger partial charge in [-0.15, -0.1) is 0 Å². The molecular weight excluding hydrogens is 318 g/mol. The Kier molecular flexibility index (Phi) is 5.04. The van der Waals surface area contributed by atoms with Crippen LogP contribution in [-0.2, 0) is 24.4 Å². The number of benzene rings is 3. The van der Waals surface area contributed by atoms with Crippen LogP contribution in [0.3, 0.4) is 0 Å². The molecule has 0 atom stereocenters. The molecule has 0 aliphatic carbocycles. The van der Waals surface area contributed by atoms with Gasteiger partial charge < -0.3 is 4.74 Å². The maximum atomic E-state index is 5.81. The van der Waals surface area contributed by atoms with E-state index in [1.165, 1.54) is 27.5 Å². The van der Waals surface area contributed by atoms with Gasteiger partial charge in [0.1, 0.15) is 0 Å². The zero-order valence-electron chi connectivity index (χ0n) is 14.6. The van der Waals surface area contributed by atoms with E-state index in [1.807, 2.05) is 24.4 Å². The van der Waals surface area contributed by atoms with Gasteiger partial charge in [0.15, 0.2) is 0 Å². The number of hydrogen-bond acceptors (Lipinski definition) is 2. The van der Waals surface area contributed by atoms with Gasteiger partial charge in [-0.05, 0) is 28.1 Å². The zero-order chi connectivity index (χ0) is 17.6. The van der Waals surface area contributed by atoms with Crippen LogP contribution in [0.1, 0.15) is 22.4 Å². The van der Waals surface area contributed by atoms with Gasteiger partial charge in [0, 0.05) is 18.0 Å². The second kappa shape index (κ2) is 7.94. The van der Waals surface area contributed by atoms with Crippen molar-refractivity contribution in [1.29, 1.82) is 0 Å². The molecule has 4 aromatic rings. The molecule has 0 saturated heterocycles. The van der Waals surface area contributed by atoms with E-state index in [9.17, 15) is 0 Å². The van der Waals surface area contributed by atoms with Crippen molar-refractivity contribution >= 4 is 10.8 Å². The molecule has 0 unspecified atom stereocenters. The smallest absolute Gasteiger partial charge is 0.0721 e. The topological polar surface area (TPSA) is 22.1 Å². The Balaban J connectivity index is 1.39. The molecule has 0 amide bonds. The van der Waals surface area contributed by atoms with E-state index in [0.717, 1.165) is 12.1 Å². The summed E-state index contributed by atoms with van der Waals surface area (Å²) < 4.78 is 5.81. The quantitative estimate of drug-likeness (QED) is 0.460. The lowest BCUT2D eigenvalue weighted by Gasteiger charge is -2.08. The van der Waals surface area contributed by atoms with Crippen LogP contribution in [0.15, 0.2) is 91.1 Å². The lowest BCUT2D eigenvalue weighted by molar-refractivity contribution is 0.107. The molecule has 0 N–H and O–H groups in total. The van der Waals surface area contributed by atoms with E-state index >= 15 is 0 Å². The number of pyridine rings is 1. The summed E-state index contributed by atoms with van der Waals surface area (Å²) in [4.78, 5) is 4.58. The van der Waals surface area contributed by atoms with E-state index in [0.29, 0.717) is 13.2 Å². The Morgan fingerprint density at radius 2 is 1.27 bits per heavy atom. The average molecular weight is 339 g/mol. The molecule has 3 aromatic carbocycles. The van der Waals surface area contributed by atoms with Crippen molar-refractivity contribution in [2.75, 3.05) is 0 Å². The number of nitrogens with zero attached hydrogens (tertiary/aromatic N) is 1. The van der Waals surface area contributed by atoms with Crippen molar-refractivity contribution in [3.8, 4) is 0 Å². The monoisotopic (exact) mass is 339 g/mol. The standard InChI is InChI=1S/C24H21NO/c1-2-6-20(7-3-1)17-26-18-21-12-10-19(11-13-21)16-24-23-9-5-4-8-22(23)14-15-25-24/h1-15H,16-18H2. The number of fused-ring (bicyclic) bond motifs is 1. The minimum Gasteiger partial charge on any atom is -0.372 e. The van der Waals surface area contributed by atoms with Crippen LogP contribution in [0.25, 0.3) is 10.8 Å². The van der Waals surface area contributed by atoms with Gasteiger partial charge in [-0.1, -0.05) is 78.9 Å². The molecular formula is C24H21NO. The summed E-state index contributed by atoms with van der Waals surface area (Å²) in [6.07, 6.45) is 2.73. The first-order valence-electron chi connectivity index (χ1n) is 8.90. The normalized spacial score (nSPS) is 10.9. The fraction of sp³-hybridized carbons (Fsp3) is 0.125. The van der Waals surface area contributed by atoms with Crippen molar-refractivity contribution < 1.29 is 4.74 Å². The molecule has 1 aromatic heterocycles. The Labute approximate surface area is 154 Å². The summed E-state index contributed by atoms with van der Waals surface area (Å²) in [5.41, 5.74) is 4.78. The number of ether oxygens (including phenoxy) is 1. The van der Waals surface area contributed by atoms with Crippen LogP contribution >= 0.6 is 0 Å². The summed E-state index contributed by atoms with van der Waals surface area (Å²) in [6.45, 7) is 1.27. The number of aromatic nitrogens is 1. The molecule has 0 saturated carbocycles. The van der Waals surface area contributed by atoms with E-state index in [4.69, 9.17) is 4.74 Å². The molecule has 0 fully saturated rings. The summed E-state index contributed by atoms with van der Waals surface area (Å²) in [6, 6.07) is 29.4. The molecule has 128 valence electrons. The van der Waals surface area contributed by atoms with Crippen LogP contribution in [0.4, 0.5) is 0 Å². The average Bonchev–Trinajstić information content (AvgIpc) is 2.70. The van der Waals surface area contributed by atoms with Gasteiger partial charge >= 0.3 is 0 Å². The molecule has 4 rings (SSSR count). The Hall–Kier alpha value is -2.97. The van der Waals surface area contributed by atoms with Crippen LogP contribution in [-0.4, -0.2) is 4.98 Å². The number of hydrogen-bond donors (Lipinski definition) is 0. The van der Waals surface area contributed by atoms with Crippen molar-refractivity contribution in [2.45, 2.75) is 19.6 Å². The van der Waals surface area contributed by atoms with Gasteiger partial charge in [-0.3, -0.25) is 4.98 Å². The summed E-state index contributed by atoms with van der Waals surface area (Å²) in [7, 11) is 0. The predicted molar refractivity (Wildman–Crippen MR) is 106 cm³/mol. The van der Waals surface area contributed by atoms with Gasteiger partial charge in [0.05, 0.1) is 18.9 Å². The fourth-order valence-electron chi connectivity index (χ4n) is 3.13. The van der Waals surface area contributed by atoms with E-state index in [-0.39, 0.29) is 0 Å². The SMILES string of the molecule is c1ccc(COCc2ccc(Cc3nccc4ccccc34)cc2)cc1. The lowest BCUT2D eigenvalue weighted by atomic mass is 10.0. The Morgan fingerprint density at radius 3 is 2.08 bits per heavy atom. The molecule has 0 spiro atoms. The molecule has 2 nitrogen and oxygen atoms in total. The highest BCUT2D eigenvalue weighted by Crippen LogP contribution is 2.19. The van der Waals surface area contributed by atoms with E-state index < -0.39 is 0 Å². The molecule has 0 aliphatic rings. The van der Waals surface area contributed by atoms with Crippen LogP contribution in [0.5, 0.6) is 0 Å². The summed E-state index contributed by atoms with van der Waals surface area (Å²) in [5.74, 6) is 0. The highest BCUT2D eigenvalue weighted by molar-refractivity contribution is 5.84. The summed E-state index contributed by atoms with van der Waals surface area (Å²) in [5, 5.41) is 2.47.